The van der Waals surface area contributed by atoms with Crippen molar-refractivity contribution in [1.29, 1.82) is 0 Å². The quantitative estimate of drug-likeness (QED) is 0.868. The first-order valence-electron chi connectivity index (χ1n) is 6.42. The summed E-state index contributed by atoms with van der Waals surface area (Å²) in [6.45, 7) is 1.48. The summed E-state index contributed by atoms with van der Waals surface area (Å²) in [5.41, 5.74) is 5.65. The summed E-state index contributed by atoms with van der Waals surface area (Å²) in [5.74, 6) is -0.609. The van der Waals surface area contributed by atoms with Gasteiger partial charge in [0.15, 0.2) is 5.78 Å². The lowest BCUT2D eigenvalue weighted by Gasteiger charge is -2.35. The number of benzene rings is 1. The lowest BCUT2D eigenvalue weighted by molar-refractivity contribution is -0.125. The third-order valence-corrected chi connectivity index (χ3v) is 3.91. The third-order valence-electron chi connectivity index (χ3n) is 3.68. The lowest BCUT2D eigenvalue weighted by Crippen LogP contribution is -2.50. The molecule has 1 aliphatic carbocycles. The second-order valence-corrected chi connectivity index (χ2v) is 5.35. The second kappa shape index (κ2) is 5.84. The summed E-state index contributed by atoms with van der Waals surface area (Å²) < 4.78 is 5.39. The normalized spacial score (nSPS) is 24.5. The van der Waals surface area contributed by atoms with Crippen LogP contribution < -0.4 is 5.73 Å². The molecule has 1 aliphatic rings. The number of carbonyl (C=O) groups excluding carboxylic acids is 2. The first-order valence-corrected chi connectivity index (χ1v) is 6.80. The standard InChI is InChI=1S/C16H16ClNO3/c1-10(19)11-3-5-12(6-4-11)16(15(18)20)9-13(17)7-8-14(16)21-2/h3-9,14H,1-2H3,(H2,18,20). The number of methoxy groups -OCH3 is 1. The molecule has 4 nitrogen and oxygen atoms in total. The fraction of sp³-hybridized carbons (Fsp3) is 0.250. The number of hydrogen-bond donors (Lipinski definition) is 1. The fourth-order valence-corrected chi connectivity index (χ4v) is 2.77. The molecule has 1 aromatic carbocycles. The van der Waals surface area contributed by atoms with Gasteiger partial charge in [-0.05, 0) is 24.6 Å². The number of carbonyl (C=O) groups is 2. The predicted molar refractivity (Wildman–Crippen MR) is 81.2 cm³/mol. The first-order chi connectivity index (χ1) is 9.91. The second-order valence-electron chi connectivity index (χ2n) is 4.91. The molecule has 0 bridgehead atoms. The molecule has 110 valence electrons. The van der Waals surface area contributed by atoms with Gasteiger partial charge in [-0.25, -0.2) is 0 Å². The Morgan fingerprint density at radius 1 is 1.29 bits per heavy atom. The van der Waals surface area contributed by atoms with Crippen LogP contribution in [0.5, 0.6) is 0 Å². The summed E-state index contributed by atoms with van der Waals surface area (Å²) in [4.78, 5) is 23.5. The zero-order valence-electron chi connectivity index (χ0n) is 11.8. The van der Waals surface area contributed by atoms with Crippen molar-refractivity contribution in [3.63, 3.8) is 0 Å². The van der Waals surface area contributed by atoms with E-state index in [4.69, 9.17) is 22.1 Å². The van der Waals surface area contributed by atoms with Crippen LogP contribution in [-0.2, 0) is 14.9 Å². The molecule has 2 rings (SSSR count). The average molecular weight is 306 g/mol. The van der Waals surface area contributed by atoms with Crippen LogP contribution in [0.3, 0.4) is 0 Å². The smallest absolute Gasteiger partial charge is 0.235 e. The highest BCUT2D eigenvalue weighted by Crippen LogP contribution is 2.37. The molecule has 2 N–H and O–H groups in total. The van der Waals surface area contributed by atoms with E-state index in [2.05, 4.69) is 0 Å². The maximum absolute atomic E-state index is 12.1. The maximum atomic E-state index is 12.1. The van der Waals surface area contributed by atoms with Crippen LogP contribution in [0.2, 0.25) is 0 Å². The predicted octanol–water partition coefficient (Wildman–Crippen LogP) is 2.32. The number of amides is 1. The number of rotatable bonds is 4. The van der Waals surface area contributed by atoms with Crippen molar-refractivity contribution in [3.8, 4) is 0 Å². The Balaban J connectivity index is 2.59. The Hall–Kier alpha value is -1.91. The maximum Gasteiger partial charge on any atom is 0.235 e. The number of halogens is 1. The number of ether oxygens (including phenoxy) is 1. The molecule has 0 spiro atoms. The lowest BCUT2D eigenvalue weighted by atomic mass is 9.72. The largest absolute Gasteiger partial charge is 0.376 e. The minimum atomic E-state index is -1.18. The molecular formula is C16H16ClNO3. The number of allylic oxidation sites excluding steroid dienone is 2. The highest BCUT2D eigenvalue weighted by atomic mass is 35.5. The van der Waals surface area contributed by atoms with Gasteiger partial charge in [-0.2, -0.15) is 0 Å². The van der Waals surface area contributed by atoms with Gasteiger partial charge in [0.2, 0.25) is 5.91 Å². The third kappa shape index (κ3) is 2.64. The van der Waals surface area contributed by atoms with E-state index >= 15 is 0 Å². The summed E-state index contributed by atoms with van der Waals surface area (Å²) >= 11 is 6.06. The van der Waals surface area contributed by atoms with Crippen LogP contribution in [0.4, 0.5) is 0 Å². The molecule has 1 amide bonds. The van der Waals surface area contributed by atoms with Crippen molar-refractivity contribution < 1.29 is 14.3 Å². The highest BCUT2D eigenvalue weighted by molar-refractivity contribution is 6.31. The molecule has 2 unspecified atom stereocenters. The summed E-state index contributed by atoms with van der Waals surface area (Å²) in [6.07, 6.45) is 4.40. The number of Topliss-reactive ketones (excluding diaryl/α,β-unsaturated/α-hetero) is 1. The molecule has 0 heterocycles. The van der Waals surface area contributed by atoms with Crippen molar-refractivity contribution in [2.24, 2.45) is 5.73 Å². The molecule has 0 fully saturated rings. The van der Waals surface area contributed by atoms with E-state index in [0.717, 1.165) is 0 Å². The molecule has 2 atom stereocenters. The van der Waals surface area contributed by atoms with Crippen LogP contribution >= 0.6 is 11.6 Å². The Morgan fingerprint density at radius 3 is 2.38 bits per heavy atom. The molecular weight excluding hydrogens is 290 g/mol. The minimum absolute atomic E-state index is 0.0462. The zero-order valence-corrected chi connectivity index (χ0v) is 12.6. The molecule has 5 heteroatoms. The van der Waals surface area contributed by atoms with E-state index in [0.29, 0.717) is 16.2 Å². The monoisotopic (exact) mass is 305 g/mol. The van der Waals surface area contributed by atoms with Crippen LogP contribution in [0, 0.1) is 0 Å². The van der Waals surface area contributed by atoms with E-state index < -0.39 is 17.4 Å². The molecule has 1 aromatic rings. The highest BCUT2D eigenvalue weighted by Gasteiger charge is 2.45. The SMILES string of the molecule is COC1C=CC(Cl)=CC1(C(N)=O)c1ccc(C(C)=O)cc1. The summed E-state index contributed by atoms with van der Waals surface area (Å²) in [7, 11) is 1.50. The van der Waals surface area contributed by atoms with Gasteiger partial charge in [-0.15, -0.1) is 0 Å². The van der Waals surface area contributed by atoms with E-state index in [-0.39, 0.29) is 5.78 Å². The number of hydrogen-bond acceptors (Lipinski definition) is 3. The zero-order chi connectivity index (χ0) is 15.6. The number of ketones is 1. The van der Waals surface area contributed by atoms with Crippen molar-refractivity contribution in [2.45, 2.75) is 18.4 Å². The van der Waals surface area contributed by atoms with Gasteiger partial charge in [0, 0.05) is 17.7 Å². The summed E-state index contributed by atoms with van der Waals surface area (Å²) in [5, 5.41) is 0.415. The van der Waals surface area contributed by atoms with Gasteiger partial charge in [0.25, 0.3) is 0 Å². The minimum Gasteiger partial charge on any atom is -0.376 e. The van der Waals surface area contributed by atoms with Crippen LogP contribution in [-0.4, -0.2) is 24.9 Å². The van der Waals surface area contributed by atoms with Crippen molar-refractivity contribution in [1.82, 2.24) is 0 Å². The van der Waals surface area contributed by atoms with Gasteiger partial charge in [-0.1, -0.05) is 41.9 Å². The van der Waals surface area contributed by atoms with E-state index in [1.165, 1.54) is 14.0 Å². The molecule has 0 saturated heterocycles. The Kier molecular flexibility index (Phi) is 4.30. The molecule has 0 aliphatic heterocycles. The van der Waals surface area contributed by atoms with Crippen LogP contribution in [0.15, 0.2) is 47.5 Å². The van der Waals surface area contributed by atoms with E-state index in [1.54, 1.807) is 42.5 Å². The van der Waals surface area contributed by atoms with Gasteiger partial charge >= 0.3 is 0 Å². The van der Waals surface area contributed by atoms with Crippen molar-refractivity contribution in [2.75, 3.05) is 7.11 Å². The Labute approximate surface area is 128 Å². The van der Waals surface area contributed by atoms with Gasteiger partial charge < -0.3 is 10.5 Å². The molecule has 0 saturated carbocycles. The summed E-state index contributed by atoms with van der Waals surface area (Å²) in [6, 6.07) is 6.73. The molecule has 0 radical (unpaired) electrons. The van der Waals surface area contributed by atoms with Crippen molar-refractivity contribution >= 4 is 23.3 Å². The Bertz CT molecular complexity index is 633. The molecule has 0 aromatic heterocycles. The first kappa shape index (κ1) is 15.5. The fourth-order valence-electron chi connectivity index (χ4n) is 2.53. The van der Waals surface area contributed by atoms with E-state index in [9.17, 15) is 9.59 Å². The number of nitrogens with two attached hydrogens (primary N) is 1. The average Bonchev–Trinajstić information content (AvgIpc) is 2.46. The topological polar surface area (TPSA) is 69.4 Å². The van der Waals surface area contributed by atoms with Gasteiger partial charge in [0.1, 0.15) is 5.41 Å². The number of primary amides is 1. The molecule has 21 heavy (non-hydrogen) atoms. The van der Waals surface area contributed by atoms with Crippen LogP contribution in [0.1, 0.15) is 22.8 Å². The van der Waals surface area contributed by atoms with E-state index in [1.807, 2.05) is 0 Å². The van der Waals surface area contributed by atoms with Crippen molar-refractivity contribution in [3.05, 3.63) is 58.7 Å². The van der Waals surface area contributed by atoms with Gasteiger partial charge in [0.05, 0.1) is 6.10 Å². The van der Waals surface area contributed by atoms with Gasteiger partial charge in [-0.3, -0.25) is 9.59 Å². The Morgan fingerprint density at radius 2 is 1.90 bits per heavy atom. The van der Waals surface area contributed by atoms with Crippen LogP contribution in [0.25, 0.3) is 0 Å².